The van der Waals surface area contributed by atoms with Crippen molar-refractivity contribution in [1.82, 2.24) is 20.1 Å². The minimum atomic E-state index is -0.984. The van der Waals surface area contributed by atoms with Gasteiger partial charge in [0.25, 0.3) is 0 Å². The average molecular weight is 261 g/mol. The van der Waals surface area contributed by atoms with Gasteiger partial charge in [-0.2, -0.15) is 0 Å². The van der Waals surface area contributed by atoms with Crippen LogP contribution in [0.5, 0.6) is 0 Å². The largest absolute Gasteiger partial charge is 0.465 e. The van der Waals surface area contributed by atoms with Crippen LogP contribution >= 0.6 is 15.9 Å². The lowest BCUT2D eigenvalue weighted by atomic mass is 10.1. The van der Waals surface area contributed by atoms with Crippen molar-refractivity contribution in [3.05, 3.63) is 10.6 Å². The first-order valence-electron chi connectivity index (χ1n) is 4.24. The fourth-order valence-electron chi connectivity index (χ4n) is 1.57. The summed E-state index contributed by atoms with van der Waals surface area (Å²) in [4.78, 5) is 14.6. The van der Waals surface area contributed by atoms with Crippen LogP contribution in [0.4, 0.5) is 4.79 Å². The number of carboxylic acid groups (broad SMARTS) is 1. The first kappa shape index (κ1) is 9.45. The number of rotatable bonds is 1. The van der Waals surface area contributed by atoms with Gasteiger partial charge >= 0.3 is 6.09 Å². The Kier molecular flexibility index (Phi) is 2.40. The van der Waals surface area contributed by atoms with E-state index >= 15 is 0 Å². The smallest absolute Gasteiger partial charge is 0.404 e. The lowest BCUT2D eigenvalue weighted by Crippen LogP contribution is -2.39. The molecule has 14 heavy (non-hydrogen) atoms. The predicted molar refractivity (Wildman–Crippen MR) is 51.0 cm³/mol. The van der Waals surface area contributed by atoms with E-state index in [-0.39, 0.29) is 6.04 Å². The summed E-state index contributed by atoms with van der Waals surface area (Å²) in [5, 5.41) is 15.1. The molecule has 2 N–H and O–H groups in total. The Bertz CT molecular complexity index is 365. The molecule has 2 heterocycles. The molecule has 1 unspecified atom stereocenters. The van der Waals surface area contributed by atoms with Crippen LogP contribution in [-0.4, -0.2) is 32.0 Å². The molecule has 2 rings (SSSR count). The second kappa shape index (κ2) is 3.56. The van der Waals surface area contributed by atoms with Crippen molar-refractivity contribution >= 4 is 22.0 Å². The molecular formula is C7H9BrN4O2. The molecule has 0 bridgehead atoms. The average Bonchev–Trinajstić information content (AvgIpc) is 2.42. The van der Waals surface area contributed by atoms with E-state index in [1.807, 2.05) is 0 Å². The lowest BCUT2D eigenvalue weighted by Gasteiger charge is -2.21. The summed E-state index contributed by atoms with van der Waals surface area (Å²) in [6.45, 7) is 0.707. The molecule has 0 saturated heterocycles. The minimum Gasteiger partial charge on any atom is -0.465 e. The van der Waals surface area contributed by atoms with E-state index < -0.39 is 6.09 Å². The Labute approximate surface area is 88.5 Å². The van der Waals surface area contributed by atoms with Crippen molar-refractivity contribution in [2.75, 3.05) is 0 Å². The summed E-state index contributed by atoms with van der Waals surface area (Å²) in [5.74, 6) is 0.821. The van der Waals surface area contributed by atoms with E-state index in [2.05, 4.69) is 31.3 Å². The van der Waals surface area contributed by atoms with Gasteiger partial charge in [0.15, 0.2) is 0 Å². The Balaban J connectivity index is 2.09. The van der Waals surface area contributed by atoms with Crippen LogP contribution < -0.4 is 5.32 Å². The first-order valence-corrected chi connectivity index (χ1v) is 5.03. The summed E-state index contributed by atoms with van der Waals surface area (Å²) in [7, 11) is 0. The summed E-state index contributed by atoms with van der Waals surface area (Å²) >= 11 is 3.18. The van der Waals surface area contributed by atoms with Gasteiger partial charge in [-0.25, -0.2) is 14.5 Å². The summed E-state index contributed by atoms with van der Waals surface area (Å²) < 4.78 is 2.35. The van der Waals surface area contributed by atoms with Gasteiger partial charge < -0.3 is 10.4 Å². The normalized spacial score (nSPS) is 20.2. The van der Waals surface area contributed by atoms with Gasteiger partial charge in [0.05, 0.1) is 0 Å². The molecule has 1 atom stereocenters. The predicted octanol–water partition coefficient (Wildman–Crippen LogP) is 0.623. The number of aryl methyl sites for hydroxylation is 1. The maximum atomic E-state index is 10.4. The molecule has 0 fully saturated rings. The van der Waals surface area contributed by atoms with E-state index in [9.17, 15) is 4.79 Å². The van der Waals surface area contributed by atoms with Crippen molar-refractivity contribution in [2.45, 2.75) is 25.4 Å². The Morgan fingerprint density at radius 2 is 2.50 bits per heavy atom. The summed E-state index contributed by atoms with van der Waals surface area (Å²) in [6.07, 6.45) is 0.377. The molecule has 76 valence electrons. The number of fused-ring (bicyclic) bond motifs is 1. The van der Waals surface area contributed by atoms with Gasteiger partial charge in [0.2, 0.25) is 4.73 Å². The molecule has 1 aliphatic heterocycles. The molecule has 7 heteroatoms. The number of amides is 1. The van der Waals surface area contributed by atoms with Crippen molar-refractivity contribution in [3.63, 3.8) is 0 Å². The molecule has 0 radical (unpaired) electrons. The molecule has 0 saturated carbocycles. The number of hydrogen-bond donors (Lipinski definition) is 2. The van der Waals surface area contributed by atoms with Crippen LogP contribution in [-0.2, 0) is 13.0 Å². The number of carbonyl (C=O) groups is 1. The second-order valence-corrected chi connectivity index (χ2v) is 3.87. The van der Waals surface area contributed by atoms with Gasteiger partial charge in [-0.3, -0.25) is 0 Å². The van der Waals surface area contributed by atoms with Crippen LogP contribution in [0.2, 0.25) is 0 Å². The van der Waals surface area contributed by atoms with Crippen molar-refractivity contribution in [3.8, 4) is 0 Å². The molecule has 1 aromatic heterocycles. The van der Waals surface area contributed by atoms with Crippen molar-refractivity contribution in [1.29, 1.82) is 0 Å². The maximum Gasteiger partial charge on any atom is 0.404 e. The van der Waals surface area contributed by atoms with Crippen molar-refractivity contribution in [2.24, 2.45) is 0 Å². The highest BCUT2D eigenvalue weighted by Gasteiger charge is 2.22. The molecule has 0 spiro atoms. The summed E-state index contributed by atoms with van der Waals surface area (Å²) in [6, 6.07) is -0.0453. The zero-order chi connectivity index (χ0) is 10.1. The topological polar surface area (TPSA) is 80.0 Å². The highest BCUT2D eigenvalue weighted by atomic mass is 79.9. The SMILES string of the molecule is O=C(O)NC1CCn2nc(Br)nc2C1. The van der Waals surface area contributed by atoms with Gasteiger partial charge in [-0.15, -0.1) is 5.10 Å². The number of halogens is 1. The van der Waals surface area contributed by atoms with E-state index in [4.69, 9.17) is 5.11 Å². The van der Waals surface area contributed by atoms with Gasteiger partial charge in [0.1, 0.15) is 5.82 Å². The maximum absolute atomic E-state index is 10.4. The van der Waals surface area contributed by atoms with E-state index in [0.717, 1.165) is 12.2 Å². The number of aromatic nitrogens is 3. The fourth-order valence-corrected chi connectivity index (χ4v) is 1.97. The second-order valence-electron chi connectivity index (χ2n) is 3.16. The zero-order valence-electron chi connectivity index (χ0n) is 7.27. The summed E-state index contributed by atoms with van der Waals surface area (Å²) in [5.41, 5.74) is 0. The quantitative estimate of drug-likeness (QED) is 0.776. The van der Waals surface area contributed by atoms with E-state index in [0.29, 0.717) is 17.7 Å². The molecule has 0 aromatic carbocycles. The minimum absolute atomic E-state index is 0.0453. The third kappa shape index (κ3) is 1.87. The van der Waals surface area contributed by atoms with E-state index in [1.165, 1.54) is 0 Å². The van der Waals surface area contributed by atoms with E-state index in [1.54, 1.807) is 4.68 Å². The monoisotopic (exact) mass is 260 g/mol. The third-order valence-corrected chi connectivity index (χ3v) is 2.50. The Morgan fingerprint density at radius 3 is 3.21 bits per heavy atom. The zero-order valence-corrected chi connectivity index (χ0v) is 8.86. The van der Waals surface area contributed by atoms with Gasteiger partial charge in [0, 0.05) is 19.0 Å². The third-order valence-electron chi connectivity index (χ3n) is 2.17. The number of hydrogen-bond acceptors (Lipinski definition) is 3. The van der Waals surface area contributed by atoms with Crippen LogP contribution in [0.25, 0.3) is 0 Å². The number of nitrogens with one attached hydrogen (secondary N) is 1. The Hall–Kier alpha value is -1.11. The molecule has 0 aliphatic carbocycles. The highest BCUT2D eigenvalue weighted by molar-refractivity contribution is 9.10. The number of nitrogens with zero attached hydrogens (tertiary/aromatic N) is 3. The standard InChI is InChI=1S/C7H9BrN4O2/c8-6-10-5-3-4(9-7(13)14)1-2-12(5)11-6/h4,9H,1-3H2,(H,13,14). The van der Waals surface area contributed by atoms with Crippen LogP contribution in [0.3, 0.4) is 0 Å². The highest BCUT2D eigenvalue weighted by Crippen LogP contribution is 2.15. The van der Waals surface area contributed by atoms with Crippen LogP contribution in [0.15, 0.2) is 4.73 Å². The lowest BCUT2D eigenvalue weighted by molar-refractivity contribution is 0.186. The van der Waals surface area contributed by atoms with Crippen molar-refractivity contribution < 1.29 is 9.90 Å². The molecular weight excluding hydrogens is 252 g/mol. The molecule has 1 amide bonds. The van der Waals surface area contributed by atoms with Gasteiger partial charge in [-0.1, -0.05) is 0 Å². The van der Waals surface area contributed by atoms with Crippen LogP contribution in [0, 0.1) is 0 Å². The van der Waals surface area contributed by atoms with Crippen LogP contribution in [0.1, 0.15) is 12.2 Å². The molecule has 1 aromatic rings. The fraction of sp³-hybridized carbons (Fsp3) is 0.571. The molecule has 6 nitrogen and oxygen atoms in total. The molecule has 1 aliphatic rings. The Morgan fingerprint density at radius 1 is 1.71 bits per heavy atom. The van der Waals surface area contributed by atoms with Gasteiger partial charge in [-0.05, 0) is 22.4 Å². The first-order chi connectivity index (χ1) is 6.65.